The van der Waals surface area contributed by atoms with Crippen LogP contribution in [0.15, 0.2) is 60.7 Å². The van der Waals surface area contributed by atoms with Crippen molar-refractivity contribution in [2.75, 3.05) is 13.2 Å². The van der Waals surface area contributed by atoms with Crippen LogP contribution in [0.5, 0.6) is 0 Å². The fraction of sp³-hybridized carbons (Fsp3) is 0.300. The summed E-state index contributed by atoms with van der Waals surface area (Å²) in [5.74, 6) is -1.01. The molecule has 0 saturated carbocycles. The Morgan fingerprint density at radius 2 is 1.50 bits per heavy atom. The summed E-state index contributed by atoms with van der Waals surface area (Å²) in [5, 5.41) is 11.4. The smallest absolute Gasteiger partial charge is 0.331 e. The van der Waals surface area contributed by atoms with Gasteiger partial charge in [-0.3, -0.25) is 4.79 Å². The van der Waals surface area contributed by atoms with Gasteiger partial charge in [0.05, 0.1) is 19.8 Å². The van der Waals surface area contributed by atoms with E-state index in [0.717, 1.165) is 11.1 Å². The summed E-state index contributed by atoms with van der Waals surface area (Å²) in [6, 6.07) is 17.9. The third-order valence-electron chi connectivity index (χ3n) is 3.58. The fourth-order valence-corrected chi connectivity index (χ4v) is 2.23. The second-order valence-electron chi connectivity index (χ2n) is 5.69. The van der Waals surface area contributed by atoms with Gasteiger partial charge in [0.2, 0.25) is 5.91 Å². The lowest BCUT2D eigenvalue weighted by atomic mass is 10.2. The number of benzene rings is 2. The minimum Gasteiger partial charge on any atom is -0.459 e. The van der Waals surface area contributed by atoms with Crippen LogP contribution in [0.2, 0.25) is 0 Å². The number of esters is 1. The van der Waals surface area contributed by atoms with Gasteiger partial charge in [0.15, 0.2) is 6.04 Å². The molecule has 0 aliphatic carbocycles. The van der Waals surface area contributed by atoms with E-state index in [1.54, 1.807) is 0 Å². The Balaban J connectivity index is 1.88. The van der Waals surface area contributed by atoms with Gasteiger partial charge in [-0.05, 0) is 11.1 Å². The van der Waals surface area contributed by atoms with Crippen molar-refractivity contribution >= 4 is 11.9 Å². The fourth-order valence-electron chi connectivity index (χ4n) is 2.23. The van der Waals surface area contributed by atoms with Crippen LogP contribution in [0.4, 0.5) is 0 Å². The van der Waals surface area contributed by atoms with Crippen molar-refractivity contribution < 1.29 is 24.2 Å². The number of ether oxygens (including phenoxy) is 2. The van der Waals surface area contributed by atoms with E-state index in [2.05, 4.69) is 5.32 Å². The van der Waals surface area contributed by atoms with Crippen molar-refractivity contribution in [3.63, 3.8) is 0 Å². The summed E-state index contributed by atoms with van der Waals surface area (Å²) in [6.07, 6.45) is -0.0822. The molecule has 0 aromatic heterocycles. The van der Waals surface area contributed by atoms with Crippen LogP contribution in [-0.4, -0.2) is 36.2 Å². The molecule has 1 amide bonds. The maximum absolute atomic E-state index is 12.3. The lowest BCUT2D eigenvalue weighted by molar-refractivity contribution is -0.151. The molecule has 2 N–H and O–H groups in total. The predicted octanol–water partition coefficient (Wildman–Crippen LogP) is 1.81. The molecular weight excluding hydrogens is 334 g/mol. The first-order valence-electron chi connectivity index (χ1n) is 8.41. The average Bonchev–Trinajstić information content (AvgIpc) is 2.67. The van der Waals surface area contributed by atoms with Crippen LogP contribution in [0.3, 0.4) is 0 Å². The van der Waals surface area contributed by atoms with Gasteiger partial charge >= 0.3 is 5.97 Å². The number of nitrogens with one attached hydrogen (secondary N) is 1. The Labute approximate surface area is 152 Å². The second kappa shape index (κ2) is 11.0. The summed E-state index contributed by atoms with van der Waals surface area (Å²) in [5.41, 5.74) is 1.82. The molecule has 2 rings (SSSR count). The molecule has 0 aliphatic rings. The zero-order chi connectivity index (χ0) is 18.6. The maximum Gasteiger partial charge on any atom is 0.331 e. The number of hydrogen-bond donors (Lipinski definition) is 2. The monoisotopic (exact) mass is 357 g/mol. The molecule has 2 aromatic rings. The Morgan fingerprint density at radius 1 is 0.923 bits per heavy atom. The summed E-state index contributed by atoms with van der Waals surface area (Å²) >= 11 is 0. The number of carbonyl (C=O) groups is 2. The van der Waals surface area contributed by atoms with E-state index >= 15 is 0 Å². The first-order valence-corrected chi connectivity index (χ1v) is 8.41. The highest BCUT2D eigenvalue weighted by molar-refractivity contribution is 5.84. The first kappa shape index (κ1) is 19.6. The third-order valence-corrected chi connectivity index (χ3v) is 3.58. The van der Waals surface area contributed by atoms with E-state index in [0.29, 0.717) is 6.61 Å². The third kappa shape index (κ3) is 7.04. The van der Waals surface area contributed by atoms with Crippen LogP contribution >= 0.6 is 0 Å². The minimum absolute atomic E-state index is 0.0142. The molecule has 0 spiro atoms. The van der Waals surface area contributed by atoms with Crippen LogP contribution in [0.1, 0.15) is 17.5 Å². The summed E-state index contributed by atoms with van der Waals surface area (Å²) in [4.78, 5) is 24.1. The molecule has 138 valence electrons. The van der Waals surface area contributed by atoms with Gasteiger partial charge in [0.1, 0.15) is 6.61 Å². The summed E-state index contributed by atoms with van der Waals surface area (Å²) in [7, 11) is 0. The zero-order valence-electron chi connectivity index (χ0n) is 14.5. The van der Waals surface area contributed by atoms with Crippen molar-refractivity contribution in [3.05, 3.63) is 71.8 Å². The second-order valence-corrected chi connectivity index (χ2v) is 5.69. The van der Waals surface area contributed by atoms with E-state index in [1.165, 1.54) is 0 Å². The SMILES string of the molecule is O=C(CCO)N[C@@H](COCc1ccccc1)C(=O)OCc1ccccc1. The first-order chi connectivity index (χ1) is 12.7. The molecule has 0 heterocycles. The molecule has 6 nitrogen and oxygen atoms in total. The van der Waals surface area contributed by atoms with Crippen molar-refractivity contribution in [1.82, 2.24) is 5.32 Å². The minimum atomic E-state index is -0.929. The highest BCUT2D eigenvalue weighted by atomic mass is 16.5. The lowest BCUT2D eigenvalue weighted by Gasteiger charge is -2.18. The van der Waals surface area contributed by atoms with Gasteiger partial charge in [-0.2, -0.15) is 0 Å². The number of aliphatic hydroxyl groups is 1. The van der Waals surface area contributed by atoms with Crippen molar-refractivity contribution in [2.24, 2.45) is 0 Å². The van der Waals surface area contributed by atoms with E-state index in [9.17, 15) is 9.59 Å². The summed E-state index contributed by atoms with van der Waals surface area (Å²) < 4.78 is 10.8. The average molecular weight is 357 g/mol. The normalized spacial score (nSPS) is 11.6. The highest BCUT2D eigenvalue weighted by Gasteiger charge is 2.22. The molecule has 6 heteroatoms. The Bertz CT molecular complexity index is 675. The van der Waals surface area contributed by atoms with E-state index in [1.807, 2.05) is 60.7 Å². The molecule has 26 heavy (non-hydrogen) atoms. The van der Waals surface area contributed by atoms with Crippen LogP contribution < -0.4 is 5.32 Å². The topological polar surface area (TPSA) is 84.9 Å². The van der Waals surface area contributed by atoms with Gasteiger partial charge in [0.25, 0.3) is 0 Å². The van der Waals surface area contributed by atoms with Gasteiger partial charge in [-0.15, -0.1) is 0 Å². The van der Waals surface area contributed by atoms with Gasteiger partial charge in [-0.1, -0.05) is 60.7 Å². The number of hydrogen-bond acceptors (Lipinski definition) is 5. The van der Waals surface area contributed by atoms with Crippen molar-refractivity contribution in [2.45, 2.75) is 25.7 Å². The number of aliphatic hydroxyl groups excluding tert-OH is 1. The standard InChI is InChI=1S/C20H23NO5/c22-12-11-19(23)21-18(15-25-13-16-7-3-1-4-8-16)20(24)26-14-17-9-5-2-6-10-17/h1-10,18,22H,11-15H2,(H,21,23)/t18-/m0/s1. The van der Waals surface area contributed by atoms with Gasteiger partial charge in [0, 0.05) is 6.42 Å². The van der Waals surface area contributed by atoms with Crippen molar-refractivity contribution in [3.8, 4) is 0 Å². The number of amides is 1. The highest BCUT2D eigenvalue weighted by Crippen LogP contribution is 2.05. The van der Waals surface area contributed by atoms with E-state index in [-0.39, 0.29) is 26.2 Å². The van der Waals surface area contributed by atoms with Crippen LogP contribution in [0.25, 0.3) is 0 Å². The lowest BCUT2D eigenvalue weighted by Crippen LogP contribution is -2.45. The maximum atomic E-state index is 12.3. The Hall–Kier alpha value is -2.70. The number of rotatable bonds is 10. The molecule has 0 aliphatic heterocycles. The zero-order valence-corrected chi connectivity index (χ0v) is 14.5. The molecule has 0 fully saturated rings. The number of carbonyl (C=O) groups excluding carboxylic acids is 2. The van der Waals surface area contributed by atoms with Crippen LogP contribution in [-0.2, 0) is 32.3 Å². The molecule has 0 radical (unpaired) electrons. The molecule has 2 aromatic carbocycles. The molecule has 1 atom stereocenters. The Kier molecular flexibility index (Phi) is 8.32. The summed E-state index contributed by atoms with van der Waals surface area (Å²) in [6.45, 7) is 0.131. The molecule has 0 unspecified atom stereocenters. The largest absolute Gasteiger partial charge is 0.459 e. The molecule has 0 bridgehead atoms. The van der Waals surface area contributed by atoms with E-state index < -0.39 is 17.9 Å². The van der Waals surface area contributed by atoms with Crippen LogP contribution in [0, 0.1) is 0 Å². The van der Waals surface area contributed by atoms with E-state index in [4.69, 9.17) is 14.6 Å². The van der Waals surface area contributed by atoms with Gasteiger partial charge in [-0.25, -0.2) is 4.79 Å². The Morgan fingerprint density at radius 3 is 2.08 bits per heavy atom. The predicted molar refractivity (Wildman–Crippen MR) is 96.0 cm³/mol. The van der Waals surface area contributed by atoms with Gasteiger partial charge < -0.3 is 19.9 Å². The quantitative estimate of drug-likeness (QED) is 0.634. The molecule has 0 saturated heterocycles. The molecular formula is C20H23NO5. The van der Waals surface area contributed by atoms with Crippen molar-refractivity contribution in [1.29, 1.82) is 0 Å².